The Labute approximate surface area is 227 Å². The minimum atomic E-state index is -0.541. The van der Waals surface area contributed by atoms with E-state index in [1.165, 1.54) is 33.0 Å². The Morgan fingerprint density at radius 2 is 0.867 bits per heavy atom. The molecule has 2 unspecified atom stereocenters. The molecular formula is C22H20Br6O2. The number of rotatable bonds is 0. The van der Waals surface area contributed by atoms with Crippen LogP contribution in [0.1, 0.15) is 67.2 Å². The highest BCUT2D eigenvalue weighted by molar-refractivity contribution is 9.14. The normalized spacial score (nSPS) is 38.9. The zero-order valence-corrected chi connectivity index (χ0v) is 25.5. The number of ether oxygens (including phenoxy) is 2. The molecule has 0 aromatic heterocycles. The Balaban J connectivity index is 1.78. The van der Waals surface area contributed by atoms with Gasteiger partial charge < -0.3 is 9.47 Å². The average molecular weight is 796 g/mol. The molecule has 8 heteroatoms. The van der Waals surface area contributed by atoms with E-state index in [0.717, 1.165) is 38.9 Å². The summed E-state index contributed by atoms with van der Waals surface area (Å²) in [5, 5.41) is 2.62. The molecule has 7 rings (SSSR count). The van der Waals surface area contributed by atoms with E-state index in [-0.39, 0.29) is 19.3 Å². The molecular weight excluding hydrogens is 776 g/mol. The molecule has 3 aliphatic heterocycles. The minimum absolute atomic E-state index is 0.0218. The third-order valence-corrected chi connectivity index (χ3v) is 15.9. The van der Waals surface area contributed by atoms with Gasteiger partial charge in [0.25, 0.3) is 0 Å². The summed E-state index contributed by atoms with van der Waals surface area (Å²) in [5.74, 6) is 0. The van der Waals surface area contributed by atoms with E-state index in [0.29, 0.717) is 0 Å². The lowest BCUT2D eigenvalue weighted by atomic mass is 9.78. The monoisotopic (exact) mass is 790 g/mol. The molecule has 3 heterocycles. The van der Waals surface area contributed by atoms with Crippen molar-refractivity contribution >= 4 is 106 Å². The first-order valence-electron chi connectivity index (χ1n) is 10.1. The SMILES string of the molecule is Br[C@@H]1c2ccc3c4c5ccc(c24)[C@H](Br)C1(Br)OCCCCCCOC(Br)([C@@H]5Br)[C@H]3Br. The van der Waals surface area contributed by atoms with E-state index in [2.05, 4.69) is 120 Å². The highest BCUT2D eigenvalue weighted by atomic mass is 79.9. The molecule has 30 heavy (non-hydrogen) atoms. The van der Waals surface area contributed by atoms with Crippen LogP contribution < -0.4 is 0 Å². The van der Waals surface area contributed by atoms with Crippen LogP contribution in [-0.4, -0.2) is 22.2 Å². The van der Waals surface area contributed by atoms with Crippen LogP contribution in [0, 0.1) is 0 Å². The van der Waals surface area contributed by atoms with Gasteiger partial charge in [-0.05, 0) is 45.9 Å². The van der Waals surface area contributed by atoms with Crippen LogP contribution in [0.15, 0.2) is 24.3 Å². The quantitative estimate of drug-likeness (QED) is 0.248. The molecule has 2 nitrogen and oxygen atoms in total. The fraction of sp³-hybridized carbons (Fsp3) is 0.545. The molecule has 0 spiro atoms. The van der Waals surface area contributed by atoms with E-state index in [4.69, 9.17) is 9.47 Å². The summed E-state index contributed by atoms with van der Waals surface area (Å²) in [5.41, 5.74) is 5.03. The van der Waals surface area contributed by atoms with Crippen molar-refractivity contribution < 1.29 is 9.47 Å². The molecule has 0 fully saturated rings. The van der Waals surface area contributed by atoms with Crippen LogP contribution in [0.4, 0.5) is 0 Å². The van der Waals surface area contributed by atoms with Gasteiger partial charge in [0.2, 0.25) is 0 Å². The molecule has 0 amide bonds. The van der Waals surface area contributed by atoms with Crippen LogP contribution >= 0.6 is 95.6 Å². The largest absolute Gasteiger partial charge is 0.361 e. The van der Waals surface area contributed by atoms with Gasteiger partial charge in [0, 0.05) is 13.2 Å². The fourth-order valence-electron chi connectivity index (χ4n) is 4.86. The maximum atomic E-state index is 6.50. The van der Waals surface area contributed by atoms with E-state index in [9.17, 15) is 0 Å². The smallest absolute Gasteiger partial charge is 0.155 e. The second-order valence-electron chi connectivity index (χ2n) is 8.19. The van der Waals surface area contributed by atoms with E-state index in [1.807, 2.05) is 0 Å². The van der Waals surface area contributed by atoms with Gasteiger partial charge in [-0.1, -0.05) is 133 Å². The summed E-state index contributed by atoms with van der Waals surface area (Å²) in [6, 6.07) is 8.96. The number of fused-ring (bicyclic) bond motifs is 2. The van der Waals surface area contributed by atoms with E-state index < -0.39 is 9.02 Å². The topological polar surface area (TPSA) is 18.5 Å². The van der Waals surface area contributed by atoms with E-state index in [1.54, 1.807) is 0 Å². The van der Waals surface area contributed by atoms with Gasteiger partial charge in [0.15, 0.2) is 9.02 Å². The molecule has 8 bridgehead atoms. The van der Waals surface area contributed by atoms with Gasteiger partial charge in [-0.15, -0.1) is 0 Å². The van der Waals surface area contributed by atoms with Crippen molar-refractivity contribution in [1.29, 1.82) is 0 Å². The predicted octanol–water partition coefficient (Wildman–Crippen LogP) is 9.40. The molecule has 0 radical (unpaired) electrons. The molecule has 0 saturated carbocycles. The summed E-state index contributed by atoms with van der Waals surface area (Å²) in [4.78, 5) is 0.0872. The summed E-state index contributed by atoms with van der Waals surface area (Å²) < 4.78 is 11.9. The number of halogens is 6. The molecule has 0 saturated heterocycles. The molecule has 0 N–H and O–H groups in total. The van der Waals surface area contributed by atoms with E-state index >= 15 is 0 Å². The van der Waals surface area contributed by atoms with Crippen LogP contribution in [0.3, 0.4) is 0 Å². The highest BCUT2D eigenvalue weighted by Crippen LogP contribution is 2.64. The Morgan fingerprint density at radius 1 is 0.567 bits per heavy atom. The number of hydrogen-bond acceptors (Lipinski definition) is 2. The predicted molar refractivity (Wildman–Crippen MR) is 144 cm³/mol. The Kier molecular flexibility index (Phi) is 6.68. The first-order valence-corrected chi connectivity index (χ1v) is 15.4. The van der Waals surface area contributed by atoms with Crippen LogP contribution in [-0.2, 0) is 9.47 Å². The van der Waals surface area contributed by atoms with Crippen LogP contribution in [0.25, 0.3) is 10.8 Å². The van der Waals surface area contributed by atoms with Crippen molar-refractivity contribution in [2.24, 2.45) is 0 Å². The van der Waals surface area contributed by atoms with Crippen molar-refractivity contribution in [3.05, 3.63) is 46.5 Å². The second-order valence-corrected chi connectivity index (χ2v) is 14.3. The lowest BCUT2D eigenvalue weighted by Crippen LogP contribution is -2.40. The Bertz CT molecular complexity index is 858. The third-order valence-electron chi connectivity index (χ3n) is 6.45. The Hall–Kier alpha value is 1.50. The number of alkyl halides is 6. The van der Waals surface area contributed by atoms with Crippen molar-refractivity contribution in [2.75, 3.05) is 13.2 Å². The van der Waals surface area contributed by atoms with Crippen molar-refractivity contribution in [1.82, 2.24) is 0 Å². The van der Waals surface area contributed by atoms with Gasteiger partial charge in [-0.25, -0.2) is 0 Å². The van der Waals surface area contributed by atoms with Gasteiger partial charge in [0.05, 0.1) is 19.3 Å². The lowest BCUT2D eigenvalue weighted by Gasteiger charge is -2.46. The Morgan fingerprint density at radius 3 is 1.17 bits per heavy atom. The fourth-order valence-corrected chi connectivity index (χ4v) is 9.99. The number of hydrogen-bond donors (Lipinski definition) is 0. The minimum Gasteiger partial charge on any atom is -0.361 e. The van der Waals surface area contributed by atoms with Crippen molar-refractivity contribution in [3.8, 4) is 0 Å². The van der Waals surface area contributed by atoms with Gasteiger partial charge >= 0.3 is 0 Å². The maximum absolute atomic E-state index is 6.50. The molecule has 6 atom stereocenters. The zero-order valence-electron chi connectivity index (χ0n) is 15.9. The van der Waals surface area contributed by atoms with Crippen molar-refractivity contribution in [3.63, 3.8) is 0 Å². The summed E-state index contributed by atoms with van der Waals surface area (Å²) in [7, 11) is 0. The molecule has 2 aliphatic carbocycles. The maximum Gasteiger partial charge on any atom is 0.155 e. The first-order chi connectivity index (χ1) is 14.3. The first kappa shape index (κ1) is 23.3. The molecule has 2 aromatic rings. The standard InChI is InChI=1S/C22H20Br6O2/c23-17-11-5-7-13-16-14-8-6-12(15(11)16)18(24)21(17,27)29-9-3-1-2-4-10-30-22(28,19(13)25)20(14)26/h5-8,17-20H,1-4,9-10H2/t17-,18+,19+,20-,21?,22?. The lowest BCUT2D eigenvalue weighted by molar-refractivity contribution is 0.0201. The van der Waals surface area contributed by atoms with Crippen molar-refractivity contribution in [2.45, 2.75) is 54.0 Å². The van der Waals surface area contributed by atoms with Gasteiger partial charge in [0.1, 0.15) is 0 Å². The summed E-state index contributed by atoms with van der Waals surface area (Å²) >= 11 is 23.9. The molecule has 5 aliphatic rings. The second kappa shape index (κ2) is 8.62. The van der Waals surface area contributed by atoms with Crippen LogP contribution in [0.2, 0.25) is 0 Å². The summed E-state index contributed by atoms with van der Waals surface area (Å²) in [6.07, 6.45) is 4.34. The third kappa shape index (κ3) is 3.36. The summed E-state index contributed by atoms with van der Waals surface area (Å²) in [6.45, 7) is 1.45. The van der Waals surface area contributed by atoms with Gasteiger partial charge in [-0.2, -0.15) is 0 Å². The van der Waals surface area contributed by atoms with Crippen LogP contribution in [0.5, 0.6) is 0 Å². The van der Waals surface area contributed by atoms with Gasteiger partial charge in [-0.3, -0.25) is 0 Å². The highest BCUT2D eigenvalue weighted by Gasteiger charge is 2.52. The molecule has 2 aromatic carbocycles. The molecule has 162 valence electrons. The zero-order chi connectivity index (χ0) is 21.3. The average Bonchev–Trinajstić information content (AvgIpc) is 2.74. The number of benzene rings is 2.